The number of aryl methyl sites for hydroxylation is 1. The normalized spacial score (nSPS) is 11.5. The van der Waals surface area contributed by atoms with E-state index < -0.39 is 6.36 Å². The second-order valence-corrected chi connectivity index (χ2v) is 3.01. The van der Waals surface area contributed by atoms with E-state index in [-0.39, 0.29) is 5.75 Å². The Bertz CT molecular complexity index is 309. The summed E-state index contributed by atoms with van der Waals surface area (Å²) in [6.07, 6.45) is -4.64. The van der Waals surface area contributed by atoms with Crippen LogP contribution in [0.3, 0.4) is 0 Å². The minimum absolute atomic E-state index is 0.190. The quantitative estimate of drug-likeness (QED) is 0.697. The Balaban J connectivity index is 2.90. The van der Waals surface area contributed by atoms with Crippen LogP contribution in [-0.4, -0.2) is 6.36 Å². The summed E-state index contributed by atoms with van der Waals surface area (Å²) < 4.78 is 39.1. The number of hydrogen-bond donors (Lipinski definition) is 1. The van der Waals surface area contributed by atoms with Gasteiger partial charge in [0, 0.05) is 4.90 Å². The van der Waals surface area contributed by atoms with Crippen LogP contribution in [0.1, 0.15) is 5.56 Å². The van der Waals surface area contributed by atoms with Gasteiger partial charge in [0.1, 0.15) is 5.75 Å². The first-order valence-electron chi connectivity index (χ1n) is 3.44. The molecule has 5 heteroatoms. The van der Waals surface area contributed by atoms with Crippen molar-refractivity contribution in [3.63, 3.8) is 0 Å². The van der Waals surface area contributed by atoms with Gasteiger partial charge in [-0.2, -0.15) is 0 Å². The van der Waals surface area contributed by atoms with Gasteiger partial charge in [0.15, 0.2) is 0 Å². The number of alkyl halides is 3. The highest BCUT2D eigenvalue weighted by molar-refractivity contribution is 7.80. The van der Waals surface area contributed by atoms with Crippen molar-refractivity contribution < 1.29 is 17.9 Å². The molecule has 0 radical (unpaired) electrons. The largest absolute Gasteiger partial charge is 0.573 e. The Morgan fingerprint density at radius 2 is 1.92 bits per heavy atom. The van der Waals surface area contributed by atoms with Crippen LogP contribution in [0.15, 0.2) is 23.1 Å². The summed E-state index contributed by atoms with van der Waals surface area (Å²) in [5.41, 5.74) is 0.407. The summed E-state index contributed by atoms with van der Waals surface area (Å²) in [6, 6.07) is 4.19. The molecule has 1 nitrogen and oxygen atoms in total. The highest BCUT2D eigenvalue weighted by atomic mass is 32.1. The maximum atomic E-state index is 11.8. The zero-order valence-corrected chi connectivity index (χ0v) is 7.62. The van der Waals surface area contributed by atoms with Crippen LogP contribution in [0.25, 0.3) is 0 Å². The van der Waals surface area contributed by atoms with Crippen LogP contribution in [0.4, 0.5) is 13.2 Å². The third-order valence-electron chi connectivity index (χ3n) is 1.38. The Labute approximate surface area is 78.9 Å². The fraction of sp³-hybridized carbons (Fsp3) is 0.250. The first-order chi connectivity index (χ1) is 5.88. The van der Waals surface area contributed by atoms with Gasteiger partial charge in [-0.3, -0.25) is 0 Å². The van der Waals surface area contributed by atoms with Crippen LogP contribution in [0.5, 0.6) is 5.75 Å². The SMILES string of the molecule is Cc1cc(S)ccc1OC(F)(F)F. The summed E-state index contributed by atoms with van der Waals surface area (Å²) in [5, 5.41) is 0. The van der Waals surface area contributed by atoms with E-state index in [0.717, 1.165) is 0 Å². The van der Waals surface area contributed by atoms with E-state index in [9.17, 15) is 13.2 Å². The van der Waals surface area contributed by atoms with Crippen LogP contribution in [0.2, 0.25) is 0 Å². The molecule has 72 valence electrons. The lowest BCUT2D eigenvalue weighted by molar-refractivity contribution is -0.274. The average molecular weight is 208 g/mol. The Hall–Kier alpha value is -0.840. The predicted molar refractivity (Wildman–Crippen MR) is 45.1 cm³/mol. The van der Waals surface area contributed by atoms with Crippen LogP contribution in [-0.2, 0) is 0 Å². The summed E-state index contributed by atoms with van der Waals surface area (Å²) in [6.45, 7) is 1.53. The standard InChI is InChI=1S/C8H7F3OS/c1-5-4-6(13)2-3-7(5)12-8(9,10)11/h2-4,13H,1H3. The molecule has 0 aliphatic rings. The Morgan fingerprint density at radius 1 is 1.31 bits per heavy atom. The molecule has 0 saturated heterocycles. The van der Waals surface area contributed by atoms with Crippen LogP contribution < -0.4 is 4.74 Å². The van der Waals surface area contributed by atoms with Crippen LogP contribution >= 0.6 is 12.6 Å². The highest BCUT2D eigenvalue weighted by Crippen LogP contribution is 2.27. The van der Waals surface area contributed by atoms with Gasteiger partial charge in [0.05, 0.1) is 0 Å². The molecule has 0 aliphatic carbocycles. The third kappa shape index (κ3) is 3.18. The summed E-state index contributed by atoms with van der Waals surface area (Å²) in [7, 11) is 0. The van der Waals surface area contributed by atoms with Crippen molar-refractivity contribution >= 4 is 12.6 Å². The van der Waals surface area contributed by atoms with Crippen molar-refractivity contribution in [1.82, 2.24) is 0 Å². The van der Waals surface area contributed by atoms with Crippen LogP contribution in [0, 0.1) is 6.92 Å². The minimum atomic E-state index is -4.64. The summed E-state index contributed by atoms with van der Waals surface area (Å²) >= 11 is 3.98. The van der Waals surface area contributed by atoms with Gasteiger partial charge in [0.25, 0.3) is 0 Å². The van der Waals surface area contributed by atoms with Crippen molar-refractivity contribution in [2.24, 2.45) is 0 Å². The molecule has 0 spiro atoms. The third-order valence-corrected chi connectivity index (χ3v) is 1.66. The maximum Gasteiger partial charge on any atom is 0.573 e. The average Bonchev–Trinajstić information content (AvgIpc) is 1.93. The molecule has 0 saturated carbocycles. The van der Waals surface area contributed by atoms with E-state index in [1.807, 2.05) is 0 Å². The number of benzene rings is 1. The Morgan fingerprint density at radius 3 is 2.38 bits per heavy atom. The molecule has 13 heavy (non-hydrogen) atoms. The van der Waals surface area contributed by atoms with Gasteiger partial charge >= 0.3 is 6.36 Å². The maximum absolute atomic E-state index is 11.8. The summed E-state index contributed by atoms with van der Waals surface area (Å²) in [4.78, 5) is 0.604. The lowest BCUT2D eigenvalue weighted by atomic mass is 10.2. The van der Waals surface area contributed by atoms with E-state index in [1.54, 1.807) is 0 Å². The minimum Gasteiger partial charge on any atom is -0.406 e. The van der Waals surface area contributed by atoms with Gasteiger partial charge in [-0.25, -0.2) is 0 Å². The molecule has 0 unspecified atom stereocenters. The second-order valence-electron chi connectivity index (χ2n) is 2.50. The fourth-order valence-corrected chi connectivity index (χ4v) is 1.14. The van der Waals surface area contributed by atoms with E-state index in [1.165, 1.54) is 25.1 Å². The van der Waals surface area contributed by atoms with Gasteiger partial charge in [-0.15, -0.1) is 25.8 Å². The first kappa shape index (κ1) is 10.2. The lowest BCUT2D eigenvalue weighted by Gasteiger charge is -2.11. The van der Waals surface area contributed by atoms with Crippen molar-refractivity contribution in [1.29, 1.82) is 0 Å². The number of ether oxygens (including phenoxy) is 1. The highest BCUT2D eigenvalue weighted by Gasteiger charge is 2.31. The molecule has 0 N–H and O–H groups in total. The molecule has 0 aromatic heterocycles. The van der Waals surface area contributed by atoms with Crippen molar-refractivity contribution in [2.75, 3.05) is 0 Å². The van der Waals surface area contributed by atoms with E-state index in [2.05, 4.69) is 17.4 Å². The van der Waals surface area contributed by atoms with Crippen molar-refractivity contribution in [2.45, 2.75) is 18.2 Å². The topological polar surface area (TPSA) is 9.23 Å². The zero-order chi connectivity index (χ0) is 10.1. The molecule has 0 bridgehead atoms. The molecular weight excluding hydrogens is 201 g/mol. The van der Waals surface area contributed by atoms with Gasteiger partial charge in [-0.1, -0.05) is 0 Å². The molecular formula is C8H7F3OS. The number of halogens is 3. The predicted octanol–water partition coefficient (Wildman–Crippen LogP) is 3.18. The van der Waals surface area contributed by atoms with E-state index in [4.69, 9.17) is 0 Å². The molecule has 0 heterocycles. The number of hydrogen-bond acceptors (Lipinski definition) is 2. The molecule has 0 fully saturated rings. The first-order valence-corrected chi connectivity index (χ1v) is 3.88. The van der Waals surface area contributed by atoms with Crippen molar-refractivity contribution in [3.8, 4) is 5.75 Å². The monoisotopic (exact) mass is 208 g/mol. The molecule has 1 aromatic carbocycles. The van der Waals surface area contributed by atoms with E-state index in [0.29, 0.717) is 10.5 Å². The second kappa shape index (κ2) is 3.49. The number of thiol groups is 1. The molecule has 0 atom stereocenters. The van der Waals surface area contributed by atoms with Crippen molar-refractivity contribution in [3.05, 3.63) is 23.8 Å². The van der Waals surface area contributed by atoms with Gasteiger partial charge in [0.2, 0.25) is 0 Å². The molecule has 0 aliphatic heterocycles. The van der Waals surface area contributed by atoms with Gasteiger partial charge < -0.3 is 4.74 Å². The molecule has 1 rings (SSSR count). The zero-order valence-electron chi connectivity index (χ0n) is 6.72. The Kier molecular flexibility index (Phi) is 2.75. The van der Waals surface area contributed by atoms with E-state index >= 15 is 0 Å². The molecule has 1 aromatic rings. The summed E-state index contributed by atoms with van der Waals surface area (Å²) in [5.74, 6) is -0.190. The molecule has 0 amide bonds. The smallest absolute Gasteiger partial charge is 0.406 e. The number of rotatable bonds is 1. The van der Waals surface area contributed by atoms with Gasteiger partial charge in [-0.05, 0) is 30.7 Å². The lowest BCUT2D eigenvalue weighted by Crippen LogP contribution is -2.17. The fourth-order valence-electron chi connectivity index (χ4n) is 0.873.